The van der Waals surface area contributed by atoms with Crippen molar-refractivity contribution in [1.82, 2.24) is 20.5 Å². The number of rotatable bonds is 7. The monoisotopic (exact) mass is 427 g/mol. The van der Waals surface area contributed by atoms with E-state index in [1.54, 1.807) is 11.3 Å². The van der Waals surface area contributed by atoms with E-state index in [-0.39, 0.29) is 0 Å². The minimum Gasteiger partial charge on any atom is -0.457 e. The van der Waals surface area contributed by atoms with Crippen molar-refractivity contribution in [2.24, 2.45) is 4.99 Å². The number of ether oxygens (including phenoxy) is 1. The van der Waals surface area contributed by atoms with Crippen LogP contribution in [-0.2, 0) is 11.3 Å². The maximum absolute atomic E-state index is 6.01. The van der Waals surface area contributed by atoms with Crippen LogP contribution in [0.2, 0.25) is 0 Å². The Balaban J connectivity index is 1.36. The van der Waals surface area contributed by atoms with Gasteiger partial charge in [0, 0.05) is 32.2 Å². The predicted molar refractivity (Wildman–Crippen MR) is 122 cm³/mol. The zero-order valence-corrected chi connectivity index (χ0v) is 18.4. The zero-order valence-electron chi connectivity index (χ0n) is 17.6. The Morgan fingerprint density at radius 3 is 2.83 bits per heavy atom. The van der Waals surface area contributed by atoms with E-state index in [0.717, 1.165) is 72.1 Å². The third-order valence-corrected chi connectivity index (χ3v) is 6.19. The number of nitrogens with zero attached hydrogens (tertiary/aromatic N) is 3. The van der Waals surface area contributed by atoms with Gasteiger partial charge in [-0.2, -0.15) is 0 Å². The Bertz CT molecular complexity index is 944. The second kappa shape index (κ2) is 10.1. The number of benzene rings is 1. The highest BCUT2D eigenvalue weighted by Gasteiger charge is 2.17. The van der Waals surface area contributed by atoms with E-state index >= 15 is 0 Å². The Labute approximate surface area is 181 Å². The van der Waals surface area contributed by atoms with Crippen LogP contribution in [0.15, 0.2) is 45.8 Å². The number of aromatic nitrogens is 1. The van der Waals surface area contributed by atoms with Gasteiger partial charge in [0.15, 0.2) is 16.7 Å². The Morgan fingerprint density at radius 2 is 2.03 bits per heavy atom. The van der Waals surface area contributed by atoms with Crippen LogP contribution < -0.4 is 10.6 Å². The van der Waals surface area contributed by atoms with Crippen LogP contribution in [0.25, 0.3) is 21.0 Å². The molecule has 0 radical (unpaired) electrons. The summed E-state index contributed by atoms with van der Waals surface area (Å²) in [4.78, 5) is 11.8. The van der Waals surface area contributed by atoms with Gasteiger partial charge in [0.1, 0.15) is 12.3 Å². The van der Waals surface area contributed by atoms with Gasteiger partial charge in [-0.1, -0.05) is 12.1 Å². The topological polar surface area (TPSA) is 74.9 Å². The molecule has 3 heterocycles. The minimum atomic E-state index is 0.423. The molecule has 1 unspecified atom stereocenters. The highest BCUT2D eigenvalue weighted by Crippen LogP contribution is 2.31. The first-order valence-corrected chi connectivity index (χ1v) is 11.3. The summed E-state index contributed by atoms with van der Waals surface area (Å²) in [6.07, 6.45) is 0. The summed E-state index contributed by atoms with van der Waals surface area (Å²) in [5.74, 6) is 2.42. The van der Waals surface area contributed by atoms with Crippen LogP contribution in [0.5, 0.6) is 0 Å². The van der Waals surface area contributed by atoms with Crippen LogP contribution >= 0.6 is 11.3 Å². The van der Waals surface area contributed by atoms with Gasteiger partial charge in [0.25, 0.3) is 0 Å². The van der Waals surface area contributed by atoms with Gasteiger partial charge in [-0.25, -0.2) is 9.98 Å². The fourth-order valence-electron chi connectivity index (χ4n) is 3.45. The first kappa shape index (κ1) is 20.8. The minimum absolute atomic E-state index is 0.423. The lowest BCUT2D eigenvalue weighted by Gasteiger charge is -2.32. The molecule has 4 rings (SSSR count). The Morgan fingerprint density at radius 1 is 1.20 bits per heavy atom. The molecule has 3 aromatic rings. The average Bonchev–Trinajstić information content (AvgIpc) is 3.43. The molecular formula is C22H29N5O2S. The van der Waals surface area contributed by atoms with Gasteiger partial charge >= 0.3 is 0 Å². The Hall–Kier alpha value is -2.42. The van der Waals surface area contributed by atoms with Gasteiger partial charge in [-0.15, -0.1) is 11.3 Å². The van der Waals surface area contributed by atoms with Gasteiger partial charge < -0.3 is 19.8 Å². The molecule has 0 amide bonds. The van der Waals surface area contributed by atoms with Crippen molar-refractivity contribution in [3.8, 4) is 10.8 Å². The van der Waals surface area contributed by atoms with E-state index in [1.165, 1.54) is 0 Å². The molecule has 1 atom stereocenters. The summed E-state index contributed by atoms with van der Waals surface area (Å²) in [5, 5.41) is 7.66. The number of morpholine rings is 1. The maximum atomic E-state index is 6.01. The third-order valence-electron chi connectivity index (χ3n) is 5.14. The summed E-state index contributed by atoms with van der Waals surface area (Å²) in [7, 11) is 0. The molecule has 1 aliphatic heterocycles. The third kappa shape index (κ3) is 5.19. The second-order valence-electron chi connectivity index (χ2n) is 7.33. The van der Waals surface area contributed by atoms with Crippen molar-refractivity contribution in [3.63, 3.8) is 0 Å². The number of guanidine groups is 1. The molecule has 8 heteroatoms. The van der Waals surface area contributed by atoms with Crippen LogP contribution in [0.1, 0.15) is 19.6 Å². The first-order valence-electron chi connectivity index (χ1n) is 10.5. The molecule has 160 valence electrons. The van der Waals surface area contributed by atoms with E-state index in [0.29, 0.717) is 12.6 Å². The summed E-state index contributed by atoms with van der Waals surface area (Å²) >= 11 is 1.64. The zero-order chi connectivity index (χ0) is 20.8. The smallest absolute Gasteiger partial charge is 0.191 e. The summed E-state index contributed by atoms with van der Waals surface area (Å²) in [6, 6.07) is 12.5. The fraction of sp³-hybridized carbons (Fsp3) is 0.455. The van der Waals surface area contributed by atoms with E-state index in [9.17, 15) is 0 Å². The van der Waals surface area contributed by atoms with Crippen molar-refractivity contribution in [1.29, 1.82) is 0 Å². The molecule has 1 aliphatic rings. The number of para-hydroxylation sites is 1. The van der Waals surface area contributed by atoms with E-state index in [4.69, 9.17) is 14.1 Å². The van der Waals surface area contributed by atoms with E-state index in [2.05, 4.69) is 40.4 Å². The largest absolute Gasteiger partial charge is 0.457 e. The van der Waals surface area contributed by atoms with Crippen LogP contribution in [0, 0.1) is 0 Å². The van der Waals surface area contributed by atoms with E-state index < -0.39 is 0 Å². The normalized spacial score (nSPS) is 16.7. The Kier molecular flexibility index (Phi) is 6.99. The summed E-state index contributed by atoms with van der Waals surface area (Å²) in [6.45, 7) is 10.0. The molecule has 0 spiro atoms. The quantitative estimate of drug-likeness (QED) is 0.445. The van der Waals surface area contributed by atoms with Gasteiger partial charge in [0.05, 0.1) is 23.4 Å². The standard InChI is InChI=1S/C22H29N5O2S/c1-3-23-22(24-14-16(2)27-10-12-28-13-11-27)25-15-17-8-9-19(29-17)21-26-18-6-4-5-7-20(18)30-21/h4-9,16H,3,10-15H2,1-2H3,(H2,23,24,25). The lowest BCUT2D eigenvalue weighted by Crippen LogP contribution is -2.49. The molecule has 1 fully saturated rings. The predicted octanol–water partition coefficient (Wildman–Crippen LogP) is 3.33. The van der Waals surface area contributed by atoms with Gasteiger partial charge in [-0.05, 0) is 38.1 Å². The van der Waals surface area contributed by atoms with Crippen LogP contribution in [0.4, 0.5) is 0 Å². The van der Waals surface area contributed by atoms with Crippen molar-refractivity contribution in [3.05, 3.63) is 42.2 Å². The van der Waals surface area contributed by atoms with Crippen molar-refractivity contribution in [2.45, 2.75) is 26.4 Å². The lowest BCUT2D eigenvalue weighted by molar-refractivity contribution is 0.0211. The first-order chi connectivity index (χ1) is 14.7. The molecule has 2 aromatic heterocycles. The highest BCUT2D eigenvalue weighted by atomic mass is 32.1. The number of hydrogen-bond donors (Lipinski definition) is 2. The van der Waals surface area contributed by atoms with Crippen LogP contribution in [0.3, 0.4) is 0 Å². The number of nitrogens with one attached hydrogen (secondary N) is 2. The van der Waals surface area contributed by atoms with E-state index in [1.807, 2.05) is 30.3 Å². The molecule has 0 bridgehead atoms. The summed E-state index contributed by atoms with van der Waals surface area (Å²) in [5.41, 5.74) is 1.00. The van der Waals surface area contributed by atoms with Crippen molar-refractivity contribution in [2.75, 3.05) is 39.4 Å². The average molecular weight is 428 g/mol. The molecule has 7 nitrogen and oxygen atoms in total. The summed E-state index contributed by atoms with van der Waals surface area (Å²) < 4.78 is 12.6. The number of hydrogen-bond acceptors (Lipinski definition) is 6. The molecule has 30 heavy (non-hydrogen) atoms. The molecule has 2 N–H and O–H groups in total. The molecule has 0 aliphatic carbocycles. The highest BCUT2D eigenvalue weighted by molar-refractivity contribution is 7.21. The second-order valence-corrected chi connectivity index (χ2v) is 8.36. The maximum Gasteiger partial charge on any atom is 0.191 e. The van der Waals surface area contributed by atoms with Crippen molar-refractivity contribution < 1.29 is 9.15 Å². The van der Waals surface area contributed by atoms with Gasteiger partial charge in [-0.3, -0.25) is 4.90 Å². The molecular weight excluding hydrogens is 398 g/mol. The number of furan rings is 1. The molecule has 1 aromatic carbocycles. The van der Waals surface area contributed by atoms with Crippen LogP contribution in [-0.4, -0.2) is 61.3 Å². The SMILES string of the molecule is CCNC(=NCc1ccc(-c2nc3ccccc3s2)o1)NCC(C)N1CCOCC1. The molecule has 1 saturated heterocycles. The van der Waals surface area contributed by atoms with Gasteiger partial charge in [0.2, 0.25) is 0 Å². The number of thiazole rings is 1. The number of aliphatic imine (C=N–C) groups is 1. The van der Waals surface area contributed by atoms with Crippen molar-refractivity contribution >= 4 is 27.5 Å². The molecule has 0 saturated carbocycles. The fourth-order valence-corrected chi connectivity index (χ4v) is 4.37. The lowest BCUT2D eigenvalue weighted by atomic mass is 10.2. The number of fused-ring (bicyclic) bond motifs is 1.